The molecule has 24 heavy (non-hydrogen) atoms. The van der Waals surface area contributed by atoms with Crippen LogP contribution < -0.4 is 11.1 Å². The van der Waals surface area contributed by atoms with Crippen LogP contribution in [0.2, 0.25) is 0 Å². The molecule has 1 aliphatic heterocycles. The van der Waals surface area contributed by atoms with Gasteiger partial charge in [0, 0.05) is 25.0 Å². The molecule has 0 bridgehead atoms. The highest BCUT2D eigenvalue weighted by atomic mass is 127. The van der Waals surface area contributed by atoms with Gasteiger partial charge in [0.1, 0.15) is 12.3 Å². The minimum Gasteiger partial charge on any atom is -0.443 e. The first-order chi connectivity index (χ1) is 10.9. The summed E-state index contributed by atoms with van der Waals surface area (Å²) in [5.74, 6) is 1.88. The van der Waals surface area contributed by atoms with Gasteiger partial charge in [-0.2, -0.15) is 0 Å². The molecule has 1 fully saturated rings. The highest BCUT2D eigenvalue weighted by molar-refractivity contribution is 14.0. The number of nitrogens with one attached hydrogen (secondary N) is 1. The van der Waals surface area contributed by atoms with Crippen LogP contribution in [0.3, 0.4) is 0 Å². The van der Waals surface area contributed by atoms with Crippen molar-refractivity contribution in [1.82, 2.24) is 15.2 Å². The van der Waals surface area contributed by atoms with E-state index in [1.807, 2.05) is 0 Å². The van der Waals surface area contributed by atoms with Crippen LogP contribution in [-0.2, 0) is 16.7 Å². The van der Waals surface area contributed by atoms with Crippen molar-refractivity contribution in [3.05, 3.63) is 17.8 Å². The Morgan fingerprint density at radius 3 is 2.71 bits per heavy atom. The third-order valence-electron chi connectivity index (χ3n) is 3.74. The first kappa shape index (κ1) is 21.2. The van der Waals surface area contributed by atoms with E-state index < -0.39 is 0 Å². The average Bonchev–Trinajstić information content (AvgIpc) is 3.00. The molecule has 0 amide bonds. The number of halogens is 1. The van der Waals surface area contributed by atoms with Crippen LogP contribution in [0.1, 0.15) is 38.8 Å². The van der Waals surface area contributed by atoms with Crippen LogP contribution in [0.25, 0.3) is 0 Å². The summed E-state index contributed by atoms with van der Waals surface area (Å²) in [5, 5.41) is 3.13. The van der Waals surface area contributed by atoms with Crippen molar-refractivity contribution in [3.63, 3.8) is 0 Å². The van der Waals surface area contributed by atoms with Crippen LogP contribution in [0, 0.1) is 0 Å². The van der Waals surface area contributed by atoms with Gasteiger partial charge in [0.15, 0.2) is 5.96 Å². The molecule has 1 aromatic heterocycles. The number of aromatic nitrogens is 1. The number of guanidine groups is 1. The Bertz CT molecular complexity index is 507. The molecule has 1 aromatic rings. The lowest BCUT2D eigenvalue weighted by atomic mass is 9.94. The smallest absolute Gasteiger partial charge is 0.216 e. The third kappa shape index (κ3) is 7.35. The van der Waals surface area contributed by atoms with E-state index in [-0.39, 0.29) is 29.4 Å². The Hall–Kier alpha value is -0.870. The normalized spacial score (nSPS) is 16.7. The molecule has 8 heteroatoms. The molecular weight excluding hydrogens is 421 g/mol. The van der Waals surface area contributed by atoms with Gasteiger partial charge in [0.2, 0.25) is 5.89 Å². The maximum atomic E-state index is 5.87. The molecule has 0 aromatic carbocycles. The van der Waals surface area contributed by atoms with Gasteiger partial charge in [0.05, 0.1) is 19.4 Å². The largest absolute Gasteiger partial charge is 0.443 e. The number of hydrogen-bond acceptors (Lipinski definition) is 5. The third-order valence-corrected chi connectivity index (χ3v) is 3.74. The van der Waals surface area contributed by atoms with E-state index in [4.69, 9.17) is 14.9 Å². The second-order valence-electron chi connectivity index (χ2n) is 6.80. The molecule has 2 heterocycles. The van der Waals surface area contributed by atoms with Crippen molar-refractivity contribution < 1.29 is 9.15 Å². The van der Waals surface area contributed by atoms with Crippen LogP contribution in [0.15, 0.2) is 15.6 Å². The summed E-state index contributed by atoms with van der Waals surface area (Å²) in [6.07, 6.45) is 2.79. The topological polar surface area (TPSA) is 88.9 Å². The zero-order valence-electron chi connectivity index (χ0n) is 14.9. The number of morpholine rings is 1. The Morgan fingerprint density at radius 2 is 2.08 bits per heavy atom. The van der Waals surface area contributed by atoms with Gasteiger partial charge >= 0.3 is 0 Å². The number of nitrogens with two attached hydrogens (primary N) is 1. The van der Waals surface area contributed by atoms with E-state index in [9.17, 15) is 0 Å². The van der Waals surface area contributed by atoms with Gasteiger partial charge in [-0.25, -0.2) is 9.98 Å². The minimum atomic E-state index is -0.0434. The van der Waals surface area contributed by atoms with Crippen LogP contribution in [0.4, 0.5) is 0 Å². The van der Waals surface area contributed by atoms with Crippen molar-refractivity contribution in [1.29, 1.82) is 0 Å². The van der Waals surface area contributed by atoms with Crippen molar-refractivity contribution in [3.8, 4) is 0 Å². The minimum absolute atomic E-state index is 0. The van der Waals surface area contributed by atoms with Crippen molar-refractivity contribution in [2.24, 2.45) is 10.7 Å². The Labute approximate surface area is 161 Å². The van der Waals surface area contributed by atoms with Crippen molar-refractivity contribution in [2.75, 3.05) is 39.4 Å². The molecule has 1 saturated heterocycles. The predicted octanol–water partition coefficient (Wildman–Crippen LogP) is 1.72. The Morgan fingerprint density at radius 1 is 1.38 bits per heavy atom. The van der Waals surface area contributed by atoms with E-state index in [2.05, 4.69) is 41.0 Å². The number of rotatable bonds is 6. The van der Waals surface area contributed by atoms with Crippen LogP contribution >= 0.6 is 24.0 Å². The van der Waals surface area contributed by atoms with E-state index in [0.717, 1.165) is 51.6 Å². The lowest BCUT2D eigenvalue weighted by Gasteiger charge is -2.26. The molecule has 0 aliphatic carbocycles. The standard InChI is InChI=1S/C16H29N5O2.HI/c1-16(2,3)13-11-19-14(23-13)12-20-15(17)18-5-4-6-21-7-9-22-10-8-21;/h11H,4-10,12H2,1-3H3,(H3,17,18,20);1H. The zero-order valence-corrected chi connectivity index (χ0v) is 17.2. The second kappa shape index (κ2) is 10.2. The summed E-state index contributed by atoms with van der Waals surface area (Å²) >= 11 is 0. The first-order valence-corrected chi connectivity index (χ1v) is 8.24. The molecule has 0 atom stereocenters. The summed E-state index contributed by atoms with van der Waals surface area (Å²) < 4.78 is 11.0. The first-order valence-electron chi connectivity index (χ1n) is 8.24. The van der Waals surface area contributed by atoms with Crippen LogP contribution in [0.5, 0.6) is 0 Å². The highest BCUT2D eigenvalue weighted by Gasteiger charge is 2.18. The number of nitrogens with zero attached hydrogens (tertiary/aromatic N) is 3. The molecule has 0 spiro atoms. The Kier molecular flexibility index (Phi) is 8.99. The summed E-state index contributed by atoms with van der Waals surface area (Å²) in [4.78, 5) is 10.9. The lowest BCUT2D eigenvalue weighted by Crippen LogP contribution is -2.39. The quantitative estimate of drug-likeness (QED) is 0.296. The maximum Gasteiger partial charge on any atom is 0.216 e. The predicted molar refractivity (Wildman–Crippen MR) is 106 cm³/mol. The molecular formula is C16H30IN5O2. The summed E-state index contributed by atoms with van der Waals surface area (Å²) in [7, 11) is 0. The molecule has 3 N–H and O–H groups in total. The molecule has 2 rings (SSSR count). The van der Waals surface area contributed by atoms with Gasteiger partial charge < -0.3 is 20.2 Å². The monoisotopic (exact) mass is 451 g/mol. The average molecular weight is 451 g/mol. The molecule has 0 unspecified atom stereocenters. The molecule has 0 saturated carbocycles. The SMILES string of the molecule is CC(C)(C)c1cnc(CN=C(N)NCCCN2CCOCC2)o1.I. The number of ether oxygens (including phenoxy) is 1. The van der Waals surface area contributed by atoms with Crippen LogP contribution in [-0.4, -0.2) is 55.2 Å². The maximum absolute atomic E-state index is 5.87. The molecule has 138 valence electrons. The highest BCUT2D eigenvalue weighted by Crippen LogP contribution is 2.22. The number of oxazole rings is 1. The van der Waals surface area contributed by atoms with Gasteiger partial charge in [-0.3, -0.25) is 4.90 Å². The van der Waals surface area contributed by atoms with Gasteiger partial charge in [0.25, 0.3) is 0 Å². The summed E-state index contributed by atoms with van der Waals surface area (Å²) in [6.45, 7) is 12.2. The lowest BCUT2D eigenvalue weighted by molar-refractivity contribution is 0.0376. The van der Waals surface area contributed by atoms with Gasteiger partial charge in [-0.15, -0.1) is 24.0 Å². The fourth-order valence-corrected chi connectivity index (χ4v) is 2.28. The van der Waals surface area contributed by atoms with Crippen molar-refractivity contribution in [2.45, 2.75) is 39.2 Å². The number of aliphatic imine (C=N–C) groups is 1. The summed E-state index contributed by atoms with van der Waals surface area (Å²) in [5.41, 5.74) is 5.83. The van der Waals surface area contributed by atoms with Gasteiger partial charge in [-0.1, -0.05) is 20.8 Å². The van der Waals surface area contributed by atoms with Crippen molar-refractivity contribution >= 4 is 29.9 Å². The summed E-state index contributed by atoms with van der Waals surface area (Å²) in [6, 6.07) is 0. The molecule has 0 radical (unpaired) electrons. The van der Waals surface area contributed by atoms with Gasteiger partial charge in [-0.05, 0) is 13.0 Å². The van der Waals surface area contributed by atoms with E-state index in [1.54, 1.807) is 6.20 Å². The molecule has 1 aliphatic rings. The number of hydrogen-bond donors (Lipinski definition) is 2. The fourth-order valence-electron chi connectivity index (χ4n) is 2.28. The van der Waals surface area contributed by atoms with E-state index in [0.29, 0.717) is 18.4 Å². The second-order valence-corrected chi connectivity index (χ2v) is 6.80. The van der Waals surface area contributed by atoms with E-state index >= 15 is 0 Å². The zero-order chi connectivity index (χ0) is 16.7. The molecule has 7 nitrogen and oxygen atoms in total. The fraction of sp³-hybridized carbons (Fsp3) is 0.750. The Balaban J connectivity index is 0.00000288. The van der Waals surface area contributed by atoms with E-state index in [1.165, 1.54) is 0 Å².